The van der Waals surface area contributed by atoms with Crippen LogP contribution in [0.25, 0.3) is 0 Å². The van der Waals surface area contributed by atoms with Gasteiger partial charge in [0.15, 0.2) is 0 Å². The fourth-order valence-electron chi connectivity index (χ4n) is 1.24. The summed E-state index contributed by atoms with van der Waals surface area (Å²) in [4.78, 5) is 0. The lowest BCUT2D eigenvalue weighted by atomic mass is 10.0. The van der Waals surface area contributed by atoms with Crippen molar-refractivity contribution in [1.29, 1.82) is 0 Å². The number of hydrogen-bond acceptors (Lipinski definition) is 1. The molecule has 1 saturated heterocycles. The quantitative estimate of drug-likeness (QED) is 0.486. The Labute approximate surface area is 57.4 Å². The molecule has 0 aromatic rings. The molecule has 0 aromatic carbocycles. The summed E-state index contributed by atoms with van der Waals surface area (Å²) >= 11 is 0. The summed E-state index contributed by atoms with van der Waals surface area (Å²) in [6.07, 6.45) is 5.40. The van der Waals surface area contributed by atoms with Gasteiger partial charge in [0, 0.05) is 13.2 Å². The number of rotatable bonds is 0. The van der Waals surface area contributed by atoms with E-state index in [1.165, 1.54) is 25.7 Å². The maximum Gasteiger partial charge on any atom is 0.0491 e. The van der Waals surface area contributed by atoms with Crippen LogP contribution < -0.4 is 0 Å². The standard InChI is InChI=1S/C8H16O/c1-8-5-3-2-4-6-9-7-8/h8H,2-7H2,1H3. The zero-order valence-corrected chi connectivity index (χ0v) is 6.23. The second-order valence-corrected chi connectivity index (χ2v) is 3.03. The van der Waals surface area contributed by atoms with E-state index in [1.807, 2.05) is 0 Å². The molecule has 0 amide bonds. The summed E-state index contributed by atoms with van der Waals surface area (Å²) in [7, 11) is 0. The van der Waals surface area contributed by atoms with E-state index in [4.69, 9.17) is 4.74 Å². The van der Waals surface area contributed by atoms with Gasteiger partial charge in [-0.3, -0.25) is 0 Å². The molecule has 0 aromatic heterocycles. The first kappa shape index (κ1) is 7.07. The normalized spacial score (nSPS) is 31.0. The first-order valence-electron chi connectivity index (χ1n) is 3.97. The highest BCUT2D eigenvalue weighted by Crippen LogP contribution is 2.12. The van der Waals surface area contributed by atoms with Gasteiger partial charge in [-0.25, -0.2) is 0 Å². The fourth-order valence-corrected chi connectivity index (χ4v) is 1.24. The Morgan fingerprint density at radius 3 is 3.00 bits per heavy atom. The molecule has 1 heterocycles. The van der Waals surface area contributed by atoms with E-state index in [0.29, 0.717) is 0 Å². The van der Waals surface area contributed by atoms with Crippen molar-refractivity contribution >= 4 is 0 Å². The van der Waals surface area contributed by atoms with Gasteiger partial charge in [0.25, 0.3) is 0 Å². The third-order valence-corrected chi connectivity index (χ3v) is 1.89. The van der Waals surface area contributed by atoms with Crippen molar-refractivity contribution in [3.8, 4) is 0 Å². The molecule has 1 atom stereocenters. The lowest BCUT2D eigenvalue weighted by Gasteiger charge is -2.14. The van der Waals surface area contributed by atoms with Gasteiger partial charge in [-0.15, -0.1) is 0 Å². The molecule has 0 saturated carbocycles. The molecule has 1 rings (SSSR count). The molecule has 1 heteroatoms. The van der Waals surface area contributed by atoms with Crippen LogP contribution >= 0.6 is 0 Å². The van der Waals surface area contributed by atoms with Gasteiger partial charge in [0.2, 0.25) is 0 Å². The summed E-state index contributed by atoms with van der Waals surface area (Å²) < 4.78 is 5.39. The summed E-state index contributed by atoms with van der Waals surface area (Å²) in [5.41, 5.74) is 0. The Balaban J connectivity index is 2.12. The zero-order valence-electron chi connectivity index (χ0n) is 6.23. The molecule has 0 N–H and O–H groups in total. The van der Waals surface area contributed by atoms with Gasteiger partial charge in [0.1, 0.15) is 0 Å². The largest absolute Gasteiger partial charge is 0.381 e. The van der Waals surface area contributed by atoms with E-state index >= 15 is 0 Å². The van der Waals surface area contributed by atoms with Crippen molar-refractivity contribution in [2.75, 3.05) is 13.2 Å². The van der Waals surface area contributed by atoms with Gasteiger partial charge in [-0.05, 0) is 18.8 Å². The summed E-state index contributed by atoms with van der Waals surface area (Å²) in [6.45, 7) is 4.25. The van der Waals surface area contributed by atoms with Crippen molar-refractivity contribution in [2.45, 2.75) is 32.6 Å². The number of hydrogen-bond donors (Lipinski definition) is 0. The third-order valence-electron chi connectivity index (χ3n) is 1.89. The molecule has 0 radical (unpaired) electrons. The lowest BCUT2D eigenvalue weighted by molar-refractivity contribution is 0.0868. The molecule has 1 aliphatic rings. The van der Waals surface area contributed by atoms with Gasteiger partial charge in [0.05, 0.1) is 0 Å². The van der Waals surface area contributed by atoms with Crippen molar-refractivity contribution < 1.29 is 4.74 Å². The van der Waals surface area contributed by atoms with Crippen LogP contribution in [0.1, 0.15) is 32.6 Å². The topological polar surface area (TPSA) is 9.23 Å². The van der Waals surface area contributed by atoms with Crippen LogP contribution in [0.4, 0.5) is 0 Å². The minimum Gasteiger partial charge on any atom is -0.381 e. The molecule has 54 valence electrons. The molecular weight excluding hydrogens is 112 g/mol. The SMILES string of the molecule is CC1CCCCCOC1. The average Bonchev–Trinajstić information content (AvgIpc) is 1.79. The average molecular weight is 128 g/mol. The van der Waals surface area contributed by atoms with Crippen molar-refractivity contribution in [3.63, 3.8) is 0 Å². The second-order valence-electron chi connectivity index (χ2n) is 3.03. The van der Waals surface area contributed by atoms with Gasteiger partial charge >= 0.3 is 0 Å². The Kier molecular flexibility index (Phi) is 3.05. The minimum absolute atomic E-state index is 0.797. The molecule has 9 heavy (non-hydrogen) atoms. The van der Waals surface area contributed by atoms with Crippen LogP contribution in [0, 0.1) is 5.92 Å². The maximum absolute atomic E-state index is 5.39. The number of ether oxygens (including phenoxy) is 1. The van der Waals surface area contributed by atoms with Gasteiger partial charge in [-0.2, -0.15) is 0 Å². The van der Waals surface area contributed by atoms with Crippen LogP contribution in [0.5, 0.6) is 0 Å². The van der Waals surface area contributed by atoms with E-state index in [2.05, 4.69) is 6.92 Å². The first-order chi connectivity index (χ1) is 4.39. The predicted octanol–water partition coefficient (Wildman–Crippen LogP) is 2.21. The molecule has 1 nitrogen and oxygen atoms in total. The molecule has 1 fully saturated rings. The lowest BCUT2D eigenvalue weighted by Crippen LogP contribution is -2.09. The minimum atomic E-state index is 0.797. The highest BCUT2D eigenvalue weighted by molar-refractivity contribution is 4.55. The van der Waals surface area contributed by atoms with Gasteiger partial charge < -0.3 is 4.74 Å². The summed E-state index contributed by atoms with van der Waals surface area (Å²) in [5.74, 6) is 0.797. The molecule has 0 aliphatic carbocycles. The smallest absolute Gasteiger partial charge is 0.0491 e. The van der Waals surface area contributed by atoms with Crippen LogP contribution in [0.15, 0.2) is 0 Å². The predicted molar refractivity (Wildman–Crippen MR) is 38.5 cm³/mol. The van der Waals surface area contributed by atoms with Crippen molar-refractivity contribution in [3.05, 3.63) is 0 Å². The van der Waals surface area contributed by atoms with Crippen LogP contribution in [-0.4, -0.2) is 13.2 Å². The maximum atomic E-state index is 5.39. The van der Waals surface area contributed by atoms with Crippen molar-refractivity contribution in [1.82, 2.24) is 0 Å². The van der Waals surface area contributed by atoms with Crippen LogP contribution in [0.3, 0.4) is 0 Å². The highest BCUT2D eigenvalue weighted by Gasteiger charge is 2.04. The van der Waals surface area contributed by atoms with E-state index in [0.717, 1.165) is 19.1 Å². The first-order valence-corrected chi connectivity index (χ1v) is 3.97. The summed E-state index contributed by atoms with van der Waals surface area (Å²) in [6, 6.07) is 0. The molecular formula is C8H16O. The Hall–Kier alpha value is -0.0400. The Morgan fingerprint density at radius 1 is 1.22 bits per heavy atom. The van der Waals surface area contributed by atoms with Gasteiger partial charge in [-0.1, -0.05) is 19.8 Å². The van der Waals surface area contributed by atoms with E-state index < -0.39 is 0 Å². The van der Waals surface area contributed by atoms with E-state index in [9.17, 15) is 0 Å². The van der Waals surface area contributed by atoms with Crippen LogP contribution in [-0.2, 0) is 4.74 Å². The summed E-state index contributed by atoms with van der Waals surface area (Å²) in [5, 5.41) is 0. The third kappa shape index (κ3) is 2.85. The fraction of sp³-hybridized carbons (Fsp3) is 1.00. The molecule has 1 aliphatic heterocycles. The molecule has 0 spiro atoms. The van der Waals surface area contributed by atoms with E-state index in [-0.39, 0.29) is 0 Å². The molecule has 0 bridgehead atoms. The second kappa shape index (κ2) is 3.89. The Bertz CT molecular complexity index is 63.0. The van der Waals surface area contributed by atoms with E-state index in [1.54, 1.807) is 0 Å². The molecule has 1 unspecified atom stereocenters. The van der Waals surface area contributed by atoms with Crippen molar-refractivity contribution in [2.24, 2.45) is 5.92 Å². The highest BCUT2D eigenvalue weighted by atomic mass is 16.5. The monoisotopic (exact) mass is 128 g/mol. The van der Waals surface area contributed by atoms with Crippen LogP contribution in [0.2, 0.25) is 0 Å². The zero-order chi connectivity index (χ0) is 6.53. The Morgan fingerprint density at radius 2 is 2.11 bits per heavy atom.